The Labute approximate surface area is 125 Å². The third-order valence-electron chi connectivity index (χ3n) is 4.63. The fourth-order valence-electron chi connectivity index (χ4n) is 3.22. The van der Waals surface area contributed by atoms with Gasteiger partial charge in [0.05, 0.1) is 12.1 Å². The van der Waals surface area contributed by atoms with E-state index in [2.05, 4.69) is 28.8 Å². The molecular weight excluding hydrogens is 268 g/mol. The molecule has 0 saturated carbocycles. The number of aromatic nitrogens is 2. The predicted molar refractivity (Wildman–Crippen MR) is 78.7 cm³/mol. The van der Waals surface area contributed by atoms with Crippen LogP contribution in [0.25, 0.3) is 0 Å². The number of aromatic amines is 1. The van der Waals surface area contributed by atoms with Gasteiger partial charge in [0.2, 0.25) is 0 Å². The molecule has 0 unspecified atom stereocenters. The molecule has 3 atom stereocenters. The molecule has 0 spiro atoms. The molecule has 2 fully saturated rings. The van der Waals surface area contributed by atoms with Gasteiger partial charge in [0.25, 0.3) is 5.91 Å². The number of H-pyrrole nitrogens is 1. The van der Waals surface area contributed by atoms with E-state index in [9.17, 15) is 4.79 Å². The smallest absolute Gasteiger partial charge is 0.251 e. The molecule has 3 heterocycles. The zero-order chi connectivity index (χ0) is 14.8. The summed E-state index contributed by atoms with van der Waals surface area (Å²) in [5.41, 5.74) is 0. The van der Waals surface area contributed by atoms with Crippen molar-refractivity contribution in [3.8, 4) is 0 Å². The van der Waals surface area contributed by atoms with E-state index in [1.54, 1.807) is 6.20 Å². The Bertz CT molecular complexity index is 476. The van der Waals surface area contributed by atoms with Gasteiger partial charge in [-0.25, -0.2) is 4.98 Å². The van der Waals surface area contributed by atoms with E-state index in [0.29, 0.717) is 6.54 Å². The van der Waals surface area contributed by atoms with Crippen molar-refractivity contribution in [2.75, 3.05) is 26.7 Å². The number of amides is 1. The maximum atomic E-state index is 12.6. The number of likely N-dealkylation sites (N-methyl/N-ethyl adjacent to an activating group) is 1. The van der Waals surface area contributed by atoms with Crippen molar-refractivity contribution in [3.63, 3.8) is 0 Å². The first-order valence-electron chi connectivity index (χ1n) is 7.82. The van der Waals surface area contributed by atoms with Crippen LogP contribution in [0.4, 0.5) is 0 Å². The van der Waals surface area contributed by atoms with Crippen molar-refractivity contribution in [1.29, 1.82) is 0 Å². The highest BCUT2D eigenvalue weighted by atomic mass is 16.5. The molecule has 0 radical (unpaired) electrons. The van der Waals surface area contributed by atoms with Crippen LogP contribution in [0.3, 0.4) is 0 Å². The second kappa shape index (κ2) is 6.15. The summed E-state index contributed by atoms with van der Waals surface area (Å²) in [5, 5.41) is 0. The van der Waals surface area contributed by atoms with Crippen LogP contribution >= 0.6 is 0 Å². The van der Waals surface area contributed by atoms with Gasteiger partial charge in [0.15, 0.2) is 0 Å². The Hall–Kier alpha value is -1.40. The molecule has 6 heteroatoms. The Kier molecular flexibility index (Phi) is 4.26. The minimum absolute atomic E-state index is 0.140. The normalized spacial score (nSPS) is 30.8. The van der Waals surface area contributed by atoms with E-state index >= 15 is 0 Å². The van der Waals surface area contributed by atoms with Crippen LogP contribution in [0, 0.1) is 0 Å². The highest BCUT2D eigenvalue weighted by molar-refractivity contribution is 5.81. The van der Waals surface area contributed by atoms with Crippen LogP contribution < -0.4 is 0 Å². The monoisotopic (exact) mass is 292 g/mol. The van der Waals surface area contributed by atoms with E-state index in [-0.39, 0.29) is 24.2 Å². The summed E-state index contributed by atoms with van der Waals surface area (Å²) in [4.78, 5) is 24.3. The van der Waals surface area contributed by atoms with Crippen LogP contribution in [-0.4, -0.2) is 64.6 Å². The van der Waals surface area contributed by atoms with Crippen molar-refractivity contribution in [3.05, 3.63) is 18.2 Å². The quantitative estimate of drug-likeness (QED) is 0.909. The van der Waals surface area contributed by atoms with Gasteiger partial charge in [-0.15, -0.1) is 0 Å². The van der Waals surface area contributed by atoms with Gasteiger partial charge in [0, 0.05) is 32.0 Å². The van der Waals surface area contributed by atoms with Gasteiger partial charge in [-0.2, -0.15) is 0 Å². The number of hydrogen-bond acceptors (Lipinski definition) is 4. The summed E-state index contributed by atoms with van der Waals surface area (Å²) in [6, 6.07) is 0.140. The Morgan fingerprint density at radius 1 is 1.48 bits per heavy atom. The van der Waals surface area contributed by atoms with Crippen molar-refractivity contribution in [2.24, 2.45) is 0 Å². The average molecular weight is 292 g/mol. The number of ether oxygens (including phenoxy) is 1. The van der Waals surface area contributed by atoms with Crippen molar-refractivity contribution < 1.29 is 9.53 Å². The van der Waals surface area contributed by atoms with Crippen molar-refractivity contribution in [2.45, 2.75) is 44.4 Å². The van der Waals surface area contributed by atoms with E-state index in [1.165, 1.54) is 0 Å². The van der Waals surface area contributed by atoms with Gasteiger partial charge in [0.1, 0.15) is 11.9 Å². The van der Waals surface area contributed by atoms with Crippen LogP contribution in [0.1, 0.15) is 38.1 Å². The first-order valence-corrected chi connectivity index (χ1v) is 7.82. The lowest BCUT2D eigenvalue weighted by Crippen LogP contribution is -2.51. The molecule has 2 saturated heterocycles. The molecule has 21 heavy (non-hydrogen) atoms. The zero-order valence-electron chi connectivity index (χ0n) is 12.8. The minimum atomic E-state index is -0.240. The maximum absolute atomic E-state index is 12.6. The highest BCUT2D eigenvalue weighted by Crippen LogP contribution is 2.26. The van der Waals surface area contributed by atoms with E-state index in [0.717, 1.165) is 38.2 Å². The number of nitrogens with zero attached hydrogens (tertiary/aromatic N) is 3. The van der Waals surface area contributed by atoms with Gasteiger partial charge in [-0.1, -0.05) is 6.92 Å². The van der Waals surface area contributed by atoms with E-state index < -0.39 is 0 Å². The van der Waals surface area contributed by atoms with Gasteiger partial charge in [-0.05, 0) is 26.3 Å². The minimum Gasteiger partial charge on any atom is -0.365 e. The van der Waals surface area contributed by atoms with Crippen molar-refractivity contribution in [1.82, 2.24) is 19.8 Å². The van der Waals surface area contributed by atoms with Crippen molar-refractivity contribution >= 4 is 5.91 Å². The van der Waals surface area contributed by atoms with Crippen LogP contribution in [0.15, 0.2) is 12.4 Å². The second-order valence-corrected chi connectivity index (χ2v) is 5.99. The van der Waals surface area contributed by atoms with Crippen LogP contribution in [-0.2, 0) is 9.53 Å². The predicted octanol–water partition coefficient (Wildman–Crippen LogP) is 1.18. The lowest BCUT2D eigenvalue weighted by molar-refractivity contribution is -0.145. The average Bonchev–Trinajstić information content (AvgIpc) is 3.18. The van der Waals surface area contributed by atoms with E-state index in [1.807, 2.05) is 11.1 Å². The van der Waals surface area contributed by atoms with Gasteiger partial charge >= 0.3 is 0 Å². The molecule has 1 N–H and O–H groups in total. The molecule has 1 aromatic heterocycles. The molecule has 0 bridgehead atoms. The lowest BCUT2D eigenvalue weighted by atomic mass is 10.1. The fourth-order valence-corrected chi connectivity index (χ4v) is 3.22. The number of carbonyl (C=O) groups excluding carboxylic acids is 1. The second-order valence-electron chi connectivity index (χ2n) is 5.99. The van der Waals surface area contributed by atoms with Gasteiger partial charge in [-0.3, -0.25) is 9.69 Å². The molecule has 0 aliphatic carbocycles. The number of nitrogens with one attached hydrogen (secondary N) is 1. The molecule has 6 nitrogen and oxygen atoms in total. The summed E-state index contributed by atoms with van der Waals surface area (Å²) in [6.07, 6.45) is 6.45. The maximum Gasteiger partial charge on any atom is 0.251 e. The number of imidazole rings is 1. The Morgan fingerprint density at radius 2 is 2.33 bits per heavy atom. The summed E-state index contributed by atoms with van der Waals surface area (Å²) >= 11 is 0. The van der Waals surface area contributed by atoms with Crippen LogP contribution in [0.2, 0.25) is 0 Å². The summed E-state index contributed by atoms with van der Waals surface area (Å²) in [5.74, 6) is 1.07. The standard InChI is InChI=1S/C15H24N4O2/c1-3-11-4-5-13(21-11)15(20)19-9-8-18(2)12(10-19)14-16-6-7-17-14/h6-7,11-13H,3-5,8-10H2,1-2H3,(H,16,17)/t11-,12+,13-/m1/s1. The Balaban J connectivity index is 1.65. The SMILES string of the molecule is CC[C@@H]1CC[C@H](C(=O)N2CCN(C)[C@H](c3ncc[nH]3)C2)O1. The molecular formula is C15H24N4O2. The number of rotatable bonds is 3. The third-order valence-corrected chi connectivity index (χ3v) is 4.63. The summed E-state index contributed by atoms with van der Waals surface area (Å²) < 4.78 is 5.85. The first kappa shape index (κ1) is 14.5. The Morgan fingerprint density at radius 3 is 3.00 bits per heavy atom. The number of carbonyl (C=O) groups is 1. The van der Waals surface area contributed by atoms with Crippen LogP contribution in [0.5, 0.6) is 0 Å². The molecule has 116 valence electrons. The molecule has 1 aromatic rings. The summed E-state index contributed by atoms with van der Waals surface area (Å²) in [7, 11) is 2.08. The third kappa shape index (κ3) is 2.96. The largest absolute Gasteiger partial charge is 0.365 e. The molecule has 2 aliphatic rings. The molecule has 2 aliphatic heterocycles. The van der Waals surface area contributed by atoms with E-state index in [4.69, 9.17) is 4.74 Å². The lowest BCUT2D eigenvalue weighted by Gasteiger charge is -2.39. The first-order chi connectivity index (χ1) is 10.2. The summed E-state index contributed by atoms with van der Waals surface area (Å²) in [6.45, 7) is 4.42. The topological polar surface area (TPSA) is 61.5 Å². The highest BCUT2D eigenvalue weighted by Gasteiger charge is 2.36. The number of hydrogen-bond donors (Lipinski definition) is 1. The molecule has 0 aromatic carbocycles. The van der Waals surface area contributed by atoms with Gasteiger partial charge < -0.3 is 14.6 Å². The number of piperazine rings is 1. The molecule has 1 amide bonds. The fraction of sp³-hybridized carbons (Fsp3) is 0.733. The molecule has 3 rings (SSSR count). The zero-order valence-corrected chi connectivity index (χ0v) is 12.8.